The number of likely N-dealkylation sites (tertiary alicyclic amines) is 1. The zero-order chi connectivity index (χ0) is 17.4. The maximum absolute atomic E-state index is 13.5. The number of nitrogens with two attached hydrogens (primary N) is 1. The van der Waals surface area contributed by atoms with Crippen molar-refractivity contribution in [1.29, 1.82) is 0 Å². The normalized spacial score (nSPS) is 20.3. The van der Waals surface area contributed by atoms with Crippen LogP contribution in [0.5, 0.6) is 0 Å². The first kappa shape index (κ1) is 15.8. The van der Waals surface area contributed by atoms with Crippen molar-refractivity contribution in [1.82, 2.24) is 9.47 Å². The number of rotatable bonds is 2. The van der Waals surface area contributed by atoms with Crippen molar-refractivity contribution in [3.05, 3.63) is 30.5 Å². The van der Waals surface area contributed by atoms with E-state index in [1.165, 1.54) is 10.8 Å². The van der Waals surface area contributed by atoms with Gasteiger partial charge in [0, 0.05) is 18.0 Å². The number of primary amides is 1. The number of alkyl halides is 1. The molecule has 4 N–H and O–H groups in total. The number of hydrogen-bond donors (Lipinski definition) is 3. The number of anilines is 1. The standard InChI is InChI=1S/C15H15FN4O4/c16-8-5-12(13(21)22)20(6-8)15(24)18-10-7-19(14(17)23)11-4-2-1-3-9(10)11/h1-4,7-8,12H,5-6H2,(H2,17,23)(H,18,24)(H,21,22). The number of halogens is 1. The topological polar surface area (TPSA) is 118 Å². The van der Waals surface area contributed by atoms with Crippen molar-refractivity contribution in [3.63, 3.8) is 0 Å². The molecular formula is C15H15FN4O4. The van der Waals surface area contributed by atoms with Gasteiger partial charge in [-0.15, -0.1) is 0 Å². The number of fused-ring (bicyclic) bond motifs is 1. The molecule has 1 aromatic heterocycles. The van der Waals surface area contributed by atoms with E-state index in [0.717, 1.165) is 4.90 Å². The summed E-state index contributed by atoms with van der Waals surface area (Å²) in [6.07, 6.45) is -0.279. The molecule has 1 aromatic carbocycles. The van der Waals surface area contributed by atoms with Crippen LogP contribution in [0.2, 0.25) is 0 Å². The monoisotopic (exact) mass is 334 g/mol. The SMILES string of the molecule is NC(=O)n1cc(NC(=O)N2CC(F)CC2C(=O)O)c2ccccc21. The van der Waals surface area contributed by atoms with Crippen LogP contribution in [0.1, 0.15) is 6.42 Å². The summed E-state index contributed by atoms with van der Waals surface area (Å²) in [5, 5.41) is 12.2. The molecule has 1 fully saturated rings. The van der Waals surface area contributed by atoms with Gasteiger partial charge in [0.25, 0.3) is 0 Å². The number of amides is 3. The second kappa shape index (κ2) is 5.84. The van der Waals surface area contributed by atoms with Crippen molar-refractivity contribution in [2.45, 2.75) is 18.6 Å². The van der Waals surface area contributed by atoms with E-state index >= 15 is 0 Å². The molecule has 2 heterocycles. The van der Waals surface area contributed by atoms with E-state index in [1.54, 1.807) is 24.3 Å². The minimum atomic E-state index is -1.39. The Hall–Kier alpha value is -3.10. The average Bonchev–Trinajstić information content (AvgIpc) is 3.09. The van der Waals surface area contributed by atoms with Gasteiger partial charge in [0.15, 0.2) is 0 Å². The van der Waals surface area contributed by atoms with E-state index in [4.69, 9.17) is 10.8 Å². The predicted molar refractivity (Wildman–Crippen MR) is 83.6 cm³/mol. The number of carbonyl (C=O) groups excluding carboxylic acids is 2. The van der Waals surface area contributed by atoms with Crippen molar-refractivity contribution in [2.24, 2.45) is 5.73 Å². The molecule has 3 rings (SSSR count). The van der Waals surface area contributed by atoms with Crippen LogP contribution in [0.4, 0.5) is 19.7 Å². The van der Waals surface area contributed by atoms with Crippen LogP contribution in [0, 0.1) is 0 Å². The number of aromatic nitrogens is 1. The zero-order valence-electron chi connectivity index (χ0n) is 12.5. The molecule has 3 amide bonds. The molecule has 0 spiro atoms. The van der Waals surface area contributed by atoms with Gasteiger partial charge < -0.3 is 21.1 Å². The highest BCUT2D eigenvalue weighted by Crippen LogP contribution is 2.27. The Balaban J connectivity index is 1.91. The number of aliphatic carboxylic acids is 1. The number of carboxylic acids is 1. The highest BCUT2D eigenvalue weighted by molar-refractivity contribution is 6.05. The largest absolute Gasteiger partial charge is 0.480 e. The van der Waals surface area contributed by atoms with Crippen LogP contribution in [0.15, 0.2) is 30.5 Å². The van der Waals surface area contributed by atoms with Crippen LogP contribution in [-0.2, 0) is 4.79 Å². The molecule has 1 saturated heterocycles. The number of carbonyl (C=O) groups is 3. The van der Waals surface area contributed by atoms with Crippen LogP contribution >= 0.6 is 0 Å². The van der Waals surface area contributed by atoms with E-state index in [9.17, 15) is 18.8 Å². The third kappa shape index (κ3) is 2.64. The van der Waals surface area contributed by atoms with E-state index in [2.05, 4.69) is 5.32 Å². The Kier molecular flexibility index (Phi) is 3.84. The average molecular weight is 334 g/mol. The molecule has 24 heavy (non-hydrogen) atoms. The minimum absolute atomic E-state index is 0.244. The maximum Gasteiger partial charge on any atom is 0.326 e. The first-order valence-electron chi connectivity index (χ1n) is 7.23. The van der Waals surface area contributed by atoms with Crippen LogP contribution in [0.3, 0.4) is 0 Å². The molecule has 2 unspecified atom stereocenters. The van der Waals surface area contributed by atoms with E-state index in [0.29, 0.717) is 16.6 Å². The molecular weight excluding hydrogens is 319 g/mol. The molecule has 0 radical (unpaired) electrons. The van der Waals surface area contributed by atoms with Crippen LogP contribution < -0.4 is 11.1 Å². The Morgan fingerprint density at radius 1 is 1.29 bits per heavy atom. The summed E-state index contributed by atoms with van der Waals surface area (Å²) in [4.78, 5) is 35.9. The van der Waals surface area contributed by atoms with Gasteiger partial charge in [-0.2, -0.15) is 0 Å². The second-order valence-electron chi connectivity index (χ2n) is 5.54. The number of carboxylic acid groups (broad SMARTS) is 1. The van der Waals surface area contributed by atoms with E-state index in [1.807, 2.05) is 0 Å². The minimum Gasteiger partial charge on any atom is -0.480 e. The lowest BCUT2D eigenvalue weighted by atomic mass is 10.2. The molecule has 126 valence electrons. The van der Waals surface area contributed by atoms with Gasteiger partial charge in [0.05, 0.1) is 17.7 Å². The second-order valence-corrected chi connectivity index (χ2v) is 5.54. The summed E-state index contributed by atoms with van der Waals surface area (Å²) in [5.74, 6) is -1.26. The van der Waals surface area contributed by atoms with Gasteiger partial charge in [0.1, 0.15) is 12.2 Å². The fourth-order valence-electron chi connectivity index (χ4n) is 2.89. The molecule has 0 saturated carbocycles. The van der Waals surface area contributed by atoms with E-state index in [-0.39, 0.29) is 13.0 Å². The van der Waals surface area contributed by atoms with Gasteiger partial charge >= 0.3 is 18.0 Å². The van der Waals surface area contributed by atoms with Crippen molar-refractivity contribution in [3.8, 4) is 0 Å². The van der Waals surface area contributed by atoms with Gasteiger partial charge in [-0.05, 0) is 6.07 Å². The molecule has 2 aromatic rings. The summed E-state index contributed by atoms with van der Waals surface area (Å²) in [6, 6.07) is 4.09. The number of para-hydroxylation sites is 1. The smallest absolute Gasteiger partial charge is 0.326 e. The van der Waals surface area contributed by atoms with Gasteiger partial charge in [-0.25, -0.2) is 18.8 Å². The zero-order valence-corrected chi connectivity index (χ0v) is 12.5. The molecule has 1 aliphatic rings. The Morgan fingerprint density at radius 3 is 2.67 bits per heavy atom. The number of hydrogen-bond acceptors (Lipinski definition) is 3. The lowest BCUT2D eigenvalue weighted by Crippen LogP contribution is -2.42. The highest BCUT2D eigenvalue weighted by atomic mass is 19.1. The maximum atomic E-state index is 13.5. The number of benzene rings is 1. The number of urea groups is 1. The first-order chi connectivity index (χ1) is 11.4. The molecule has 0 aliphatic carbocycles. The van der Waals surface area contributed by atoms with E-state index < -0.39 is 30.2 Å². The molecule has 2 atom stereocenters. The van der Waals surface area contributed by atoms with Gasteiger partial charge in [-0.3, -0.25) is 4.57 Å². The summed E-state index contributed by atoms with van der Waals surface area (Å²) in [7, 11) is 0. The fourth-order valence-corrected chi connectivity index (χ4v) is 2.89. The van der Waals surface area contributed by atoms with Crippen molar-refractivity contribution >= 4 is 34.6 Å². The molecule has 8 nitrogen and oxygen atoms in total. The summed E-state index contributed by atoms with van der Waals surface area (Å²) in [5.41, 5.74) is 6.09. The molecule has 0 bridgehead atoms. The number of nitrogens with zero attached hydrogens (tertiary/aromatic N) is 2. The molecule has 1 aliphatic heterocycles. The summed E-state index contributed by atoms with van der Waals surface area (Å²) in [6.45, 7) is -0.294. The van der Waals surface area contributed by atoms with Crippen LogP contribution in [-0.4, -0.2) is 51.4 Å². The quantitative estimate of drug-likeness (QED) is 0.773. The van der Waals surface area contributed by atoms with Gasteiger partial charge in [0.2, 0.25) is 0 Å². The first-order valence-corrected chi connectivity index (χ1v) is 7.23. The fraction of sp³-hybridized carbons (Fsp3) is 0.267. The third-order valence-electron chi connectivity index (χ3n) is 3.99. The Morgan fingerprint density at radius 2 is 2.00 bits per heavy atom. The van der Waals surface area contributed by atoms with Crippen LogP contribution in [0.25, 0.3) is 10.9 Å². The van der Waals surface area contributed by atoms with Crippen molar-refractivity contribution < 1.29 is 23.9 Å². The lowest BCUT2D eigenvalue weighted by molar-refractivity contribution is -0.141. The third-order valence-corrected chi connectivity index (χ3v) is 3.99. The highest BCUT2D eigenvalue weighted by Gasteiger charge is 2.40. The lowest BCUT2D eigenvalue weighted by Gasteiger charge is -2.21. The predicted octanol–water partition coefficient (Wildman–Crippen LogP) is 1.60. The Bertz CT molecular complexity index is 834. The van der Waals surface area contributed by atoms with Crippen molar-refractivity contribution in [2.75, 3.05) is 11.9 Å². The number of nitrogens with one attached hydrogen (secondary N) is 1. The van der Waals surface area contributed by atoms with Gasteiger partial charge in [-0.1, -0.05) is 18.2 Å². The summed E-state index contributed by atoms with van der Waals surface area (Å²) >= 11 is 0. The Labute approximate surface area is 135 Å². The summed E-state index contributed by atoms with van der Waals surface area (Å²) < 4.78 is 14.7. The molecule has 9 heteroatoms.